The first-order valence-corrected chi connectivity index (χ1v) is 15.2. The van der Waals surface area contributed by atoms with Gasteiger partial charge < -0.3 is 20.1 Å². The third-order valence-electron chi connectivity index (χ3n) is 9.87. The van der Waals surface area contributed by atoms with Crippen LogP contribution in [0.1, 0.15) is 37.7 Å². The van der Waals surface area contributed by atoms with Crippen molar-refractivity contribution < 1.29 is 18.6 Å². The summed E-state index contributed by atoms with van der Waals surface area (Å²) in [6.07, 6.45) is 10.8. The van der Waals surface area contributed by atoms with Gasteiger partial charge in [0.15, 0.2) is 0 Å². The van der Waals surface area contributed by atoms with E-state index < -0.39 is 17.5 Å². The van der Waals surface area contributed by atoms with Crippen molar-refractivity contribution in [2.24, 2.45) is 0 Å². The highest BCUT2D eigenvalue weighted by molar-refractivity contribution is 5.97. The molecule has 6 heterocycles. The van der Waals surface area contributed by atoms with E-state index in [1.807, 2.05) is 0 Å². The number of alkyl halides is 1. The predicted octanol–water partition coefficient (Wildman–Crippen LogP) is 3.66. The van der Waals surface area contributed by atoms with E-state index in [2.05, 4.69) is 21.0 Å². The fraction of sp³-hybridized carbons (Fsp3) is 0.424. The van der Waals surface area contributed by atoms with Gasteiger partial charge in [0.1, 0.15) is 30.2 Å². The monoisotopic (exact) mass is 598 g/mol. The van der Waals surface area contributed by atoms with Gasteiger partial charge in [0.05, 0.1) is 27.7 Å². The molecule has 2 unspecified atom stereocenters. The summed E-state index contributed by atoms with van der Waals surface area (Å²) in [5.74, 6) is 2.32. The molecule has 4 atom stereocenters. The zero-order valence-corrected chi connectivity index (χ0v) is 24.1. The lowest BCUT2D eigenvalue weighted by Gasteiger charge is -2.34. The molecular weight excluding hydrogens is 566 g/mol. The van der Waals surface area contributed by atoms with Crippen molar-refractivity contribution in [3.05, 3.63) is 58.3 Å². The van der Waals surface area contributed by atoms with Gasteiger partial charge in [0.2, 0.25) is 0 Å². The number of piperazine rings is 1. The molecule has 4 aromatic rings. The van der Waals surface area contributed by atoms with Gasteiger partial charge in [0, 0.05) is 61.9 Å². The quantitative estimate of drug-likeness (QED) is 0.337. The third-order valence-corrected chi connectivity index (χ3v) is 9.87. The Morgan fingerprint density at radius 2 is 1.98 bits per heavy atom. The van der Waals surface area contributed by atoms with Crippen LogP contribution in [0.25, 0.3) is 27.4 Å². The number of phenolic OH excluding ortho intramolecular Hbond substituents is 1. The van der Waals surface area contributed by atoms with E-state index in [1.54, 1.807) is 6.20 Å². The maximum atomic E-state index is 14.8. The van der Waals surface area contributed by atoms with Crippen molar-refractivity contribution in [2.45, 2.75) is 55.9 Å². The molecule has 0 saturated carbocycles. The molecule has 11 heteroatoms. The van der Waals surface area contributed by atoms with Crippen molar-refractivity contribution in [3.8, 4) is 29.8 Å². The second kappa shape index (κ2) is 10.1. The lowest BCUT2D eigenvalue weighted by Crippen LogP contribution is -2.51. The first-order valence-electron chi connectivity index (χ1n) is 15.2. The summed E-state index contributed by atoms with van der Waals surface area (Å²) in [5, 5.41) is 15.6. The normalized spacial score (nSPS) is 26.4. The van der Waals surface area contributed by atoms with Crippen LogP contribution in [0, 0.1) is 18.2 Å². The second-order valence-corrected chi connectivity index (χ2v) is 12.6. The molecule has 4 aliphatic heterocycles. The Balaban J connectivity index is 1.28. The van der Waals surface area contributed by atoms with Crippen LogP contribution in [0.2, 0.25) is 0 Å². The molecule has 4 aliphatic rings. The number of pyridine rings is 1. The van der Waals surface area contributed by atoms with Crippen LogP contribution in [-0.2, 0) is 0 Å². The van der Waals surface area contributed by atoms with E-state index in [-0.39, 0.29) is 35.2 Å². The molecule has 0 spiro atoms. The maximum absolute atomic E-state index is 14.8. The minimum Gasteiger partial charge on any atom is -0.508 e. The van der Waals surface area contributed by atoms with Gasteiger partial charge in [-0.05, 0) is 49.7 Å². The Bertz CT molecular complexity index is 1910. The first-order chi connectivity index (χ1) is 21.3. The Morgan fingerprint density at radius 3 is 2.77 bits per heavy atom. The summed E-state index contributed by atoms with van der Waals surface area (Å²) in [4.78, 5) is 27.7. The molecule has 44 heavy (non-hydrogen) atoms. The lowest BCUT2D eigenvalue weighted by molar-refractivity contribution is 0.107. The van der Waals surface area contributed by atoms with Gasteiger partial charge in [-0.1, -0.05) is 12.0 Å². The molecule has 0 radical (unpaired) electrons. The molecule has 2 aromatic carbocycles. The summed E-state index contributed by atoms with van der Waals surface area (Å²) in [7, 11) is 0. The Labute approximate surface area is 252 Å². The Morgan fingerprint density at radius 1 is 1.16 bits per heavy atom. The average Bonchev–Trinajstić information content (AvgIpc) is 3.65. The predicted molar refractivity (Wildman–Crippen MR) is 163 cm³/mol. The van der Waals surface area contributed by atoms with E-state index in [9.17, 15) is 18.7 Å². The van der Waals surface area contributed by atoms with Crippen LogP contribution < -0.4 is 20.5 Å². The highest BCUT2D eigenvalue weighted by Gasteiger charge is 2.49. The van der Waals surface area contributed by atoms with Crippen molar-refractivity contribution in [1.29, 1.82) is 0 Å². The summed E-state index contributed by atoms with van der Waals surface area (Å²) < 4.78 is 36.9. The number of phenols is 1. The number of rotatable bonds is 5. The van der Waals surface area contributed by atoms with E-state index in [0.29, 0.717) is 52.5 Å². The SMILES string of the molecule is C#Cc1c(F)ccc2cc(O)cc(-n3cc4nc(OC[C@@]56CCCN5C[C@H](F)C6)nc(N5CC6CCC(C5)N6)c4cc3=O)c12. The summed E-state index contributed by atoms with van der Waals surface area (Å²) in [5.41, 5.74) is -0.102. The van der Waals surface area contributed by atoms with Gasteiger partial charge in [-0.15, -0.1) is 6.42 Å². The lowest BCUT2D eigenvalue weighted by atomic mass is 9.95. The zero-order chi connectivity index (χ0) is 30.2. The number of hydrogen-bond acceptors (Lipinski definition) is 8. The number of aromatic hydroxyl groups is 1. The minimum absolute atomic E-state index is 0.00343. The van der Waals surface area contributed by atoms with Gasteiger partial charge in [-0.2, -0.15) is 9.97 Å². The molecule has 9 nitrogen and oxygen atoms in total. The fourth-order valence-electron chi connectivity index (χ4n) is 7.91. The summed E-state index contributed by atoms with van der Waals surface area (Å²) in [6.45, 7) is 3.00. The van der Waals surface area contributed by atoms with Crippen LogP contribution in [0.15, 0.2) is 41.3 Å². The largest absolute Gasteiger partial charge is 0.508 e. The molecule has 226 valence electrons. The number of nitrogens with zero attached hydrogens (tertiary/aromatic N) is 5. The fourth-order valence-corrected chi connectivity index (χ4v) is 7.91. The first kappa shape index (κ1) is 27.3. The van der Waals surface area contributed by atoms with E-state index in [4.69, 9.17) is 21.1 Å². The van der Waals surface area contributed by atoms with Crippen molar-refractivity contribution in [2.75, 3.05) is 37.7 Å². The van der Waals surface area contributed by atoms with Crippen molar-refractivity contribution in [3.63, 3.8) is 0 Å². The molecule has 0 amide bonds. The number of aromatic nitrogens is 3. The van der Waals surface area contributed by atoms with Crippen LogP contribution in [0.4, 0.5) is 14.6 Å². The topological polar surface area (TPSA) is 95.8 Å². The molecule has 0 aliphatic carbocycles. The van der Waals surface area contributed by atoms with Crippen LogP contribution in [0.3, 0.4) is 0 Å². The minimum atomic E-state index is -0.882. The molecule has 2 N–H and O–H groups in total. The summed E-state index contributed by atoms with van der Waals surface area (Å²) >= 11 is 0. The molecule has 8 rings (SSSR count). The van der Waals surface area contributed by atoms with Gasteiger partial charge in [-0.25, -0.2) is 8.78 Å². The number of benzene rings is 2. The van der Waals surface area contributed by atoms with Crippen LogP contribution in [0.5, 0.6) is 11.8 Å². The number of anilines is 1. The molecule has 4 fully saturated rings. The third kappa shape index (κ3) is 4.39. The van der Waals surface area contributed by atoms with E-state index >= 15 is 0 Å². The van der Waals surface area contributed by atoms with Crippen molar-refractivity contribution >= 4 is 27.5 Å². The zero-order valence-electron chi connectivity index (χ0n) is 24.1. The van der Waals surface area contributed by atoms with Gasteiger partial charge >= 0.3 is 6.01 Å². The summed E-state index contributed by atoms with van der Waals surface area (Å²) in [6, 6.07) is 7.91. The smallest absolute Gasteiger partial charge is 0.319 e. The van der Waals surface area contributed by atoms with Crippen molar-refractivity contribution in [1.82, 2.24) is 24.8 Å². The number of terminal acetylenes is 1. The van der Waals surface area contributed by atoms with Gasteiger partial charge in [-0.3, -0.25) is 14.3 Å². The van der Waals surface area contributed by atoms with Gasteiger partial charge in [0.25, 0.3) is 5.56 Å². The standard InChI is InChI=1S/C33H32F2N6O3/c1-2-24-26(35)7-4-19-10-23(42)11-28(30(19)24)41-17-27-25(12-29(41)43)31(39-15-21-5-6-22(16-39)36-21)38-32(37-27)44-18-33-8-3-9-40(33)14-20(34)13-33/h1,4,7,10-12,17,20-22,36,42H,3,5-6,8-9,13-16,18H2/t20-,21?,22?,33+/m1/s1. The number of hydrogen-bond donors (Lipinski definition) is 2. The number of ether oxygens (including phenoxy) is 1. The molecule has 2 bridgehead atoms. The molecule has 4 saturated heterocycles. The molecule has 2 aromatic heterocycles. The average molecular weight is 599 g/mol. The Hall–Kier alpha value is -4.27. The maximum Gasteiger partial charge on any atom is 0.319 e. The highest BCUT2D eigenvalue weighted by Crippen LogP contribution is 2.41. The number of nitrogens with one attached hydrogen (secondary N) is 1. The van der Waals surface area contributed by atoms with Crippen LogP contribution >= 0.6 is 0 Å². The number of fused-ring (bicyclic) bond motifs is 5. The highest BCUT2D eigenvalue weighted by atomic mass is 19.1. The Kier molecular flexibility index (Phi) is 6.29. The number of halogens is 2. The van der Waals surface area contributed by atoms with E-state index in [1.165, 1.54) is 34.9 Å². The molecular formula is C33H32F2N6O3. The second-order valence-electron chi connectivity index (χ2n) is 12.6. The van der Waals surface area contributed by atoms with E-state index in [0.717, 1.165) is 45.3 Å². The van der Waals surface area contributed by atoms with Crippen LogP contribution in [-0.4, -0.2) is 81.1 Å².